The number of benzene rings is 1. The summed E-state index contributed by atoms with van der Waals surface area (Å²) in [4.78, 5) is 30.8. The molecule has 0 spiro atoms. The molecular weight excluding hydrogens is 292 g/mol. The highest BCUT2D eigenvalue weighted by atomic mass is 16.5. The van der Waals surface area contributed by atoms with E-state index in [2.05, 4.69) is 16.9 Å². The first kappa shape index (κ1) is 17.2. The van der Waals surface area contributed by atoms with Crippen molar-refractivity contribution in [1.82, 2.24) is 9.97 Å². The standard InChI is InChI=1S/C18H24N2O3/c1-4-6-7-8-14(5-2)23-18(22)13-9-10-15-16(11-13)20-17(19-15)12(3)21/h9-11,14H,4-8H2,1-3H3,(H,19,20)/t14-/m0/s1. The Bertz CT molecular complexity index is 691. The zero-order valence-corrected chi connectivity index (χ0v) is 14.0. The summed E-state index contributed by atoms with van der Waals surface area (Å²) < 4.78 is 5.60. The summed E-state index contributed by atoms with van der Waals surface area (Å²) in [6.07, 6.45) is 5.05. The molecule has 2 rings (SSSR count). The van der Waals surface area contributed by atoms with Crippen LogP contribution in [0.4, 0.5) is 0 Å². The summed E-state index contributed by atoms with van der Waals surface area (Å²) in [7, 11) is 0. The Balaban J connectivity index is 2.09. The van der Waals surface area contributed by atoms with Crippen LogP contribution < -0.4 is 0 Å². The number of hydrogen-bond donors (Lipinski definition) is 1. The largest absolute Gasteiger partial charge is 0.459 e. The minimum atomic E-state index is -0.325. The van der Waals surface area contributed by atoms with Gasteiger partial charge < -0.3 is 9.72 Å². The Kier molecular flexibility index (Phi) is 5.90. The number of ketones is 1. The highest BCUT2D eigenvalue weighted by Crippen LogP contribution is 2.17. The van der Waals surface area contributed by atoms with Crippen LogP contribution in [0.2, 0.25) is 0 Å². The van der Waals surface area contributed by atoms with Crippen LogP contribution in [0.15, 0.2) is 18.2 Å². The normalized spacial score (nSPS) is 12.3. The molecule has 0 saturated heterocycles. The summed E-state index contributed by atoms with van der Waals surface area (Å²) in [5.41, 5.74) is 1.82. The number of hydrogen-bond acceptors (Lipinski definition) is 4. The Morgan fingerprint density at radius 1 is 1.26 bits per heavy atom. The number of unbranched alkanes of at least 4 members (excludes halogenated alkanes) is 2. The topological polar surface area (TPSA) is 72.0 Å². The lowest BCUT2D eigenvalue weighted by Gasteiger charge is -2.16. The van der Waals surface area contributed by atoms with Crippen molar-refractivity contribution in [2.24, 2.45) is 0 Å². The smallest absolute Gasteiger partial charge is 0.338 e. The molecule has 1 aromatic heterocycles. The van der Waals surface area contributed by atoms with Gasteiger partial charge in [-0.3, -0.25) is 4.79 Å². The molecule has 5 nitrogen and oxygen atoms in total. The summed E-state index contributed by atoms with van der Waals surface area (Å²) in [6, 6.07) is 5.11. The fourth-order valence-electron chi connectivity index (χ4n) is 2.49. The number of rotatable bonds is 8. The molecule has 1 atom stereocenters. The van der Waals surface area contributed by atoms with Gasteiger partial charge in [-0.2, -0.15) is 0 Å². The fraction of sp³-hybridized carbons (Fsp3) is 0.500. The number of fused-ring (bicyclic) bond motifs is 1. The van der Waals surface area contributed by atoms with Gasteiger partial charge >= 0.3 is 5.97 Å². The third kappa shape index (κ3) is 4.41. The number of Topliss-reactive ketones (excluding diaryl/α,β-unsaturated/α-hetero) is 1. The molecule has 124 valence electrons. The molecule has 1 heterocycles. The second-order valence-electron chi connectivity index (χ2n) is 5.80. The second-order valence-corrected chi connectivity index (χ2v) is 5.80. The monoisotopic (exact) mass is 316 g/mol. The molecule has 0 unspecified atom stereocenters. The molecule has 0 bridgehead atoms. The second kappa shape index (κ2) is 7.90. The zero-order valence-electron chi connectivity index (χ0n) is 14.0. The van der Waals surface area contributed by atoms with E-state index in [1.807, 2.05) is 6.92 Å². The van der Waals surface area contributed by atoms with E-state index in [9.17, 15) is 9.59 Å². The van der Waals surface area contributed by atoms with Crippen molar-refractivity contribution in [3.63, 3.8) is 0 Å². The molecule has 5 heteroatoms. The first-order valence-corrected chi connectivity index (χ1v) is 8.26. The van der Waals surface area contributed by atoms with E-state index in [0.29, 0.717) is 22.4 Å². The van der Waals surface area contributed by atoms with Crippen molar-refractivity contribution in [2.75, 3.05) is 0 Å². The Morgan fingerprint density at radius 2 is 2.04 bits per heavy atom. The Labute approximate surface area is 136 Å². The van der Waals surface area contributed by atoms with Crippen LogP contribution in [0, 0.1) is 0 Å². The molecule has 1 aromatic carbocycles. The van der Waals surface area contributed by atoms with E-state index in [1.54, 1.807) is 18.2 Å². The molecule has 0 saturated carbocycles. The van der Waals surface area contributed by atoms with Crippen LogP contribution in [0.5, 0.6) is 0 Å². The van der Waals surface area contributed by atoms with E-state index in [-0.39, 0.29) is 17.9 Å². The van der Waals surface area contributed by atoms with Crippen molar-refractivity contribution in [3.05, 3.63) is 29.6 Å². The number of carbonyl (C=O) groups excluding carboxylic acids is 2. The van der Waals surface area contributed by atoms with Gasteiger partial charge in [-0.1, -0.05) is 26.7 Å². The zero-order chi connectivity index (χ0) is 16.8. The minimum Gasteiger partial charge on any atom is -0.459 e. The molecule has 0 radical (unpaired) electrons. The van der Waals surface area contributed by atoms with Gasteiger partial charge in [-0.05, 0) is 37.5 Å². The predicted molar refractivity (Wildman–Crippen MR) is 89.7 cm³/mol. The van der Waals surface area contributed by atoms with Crippen molar-refractivity contribution in [3.8, 4) is 0 Å². The molecule has 0 aliphatic heterocycles. The average molecular weight is 316 g/mol. The summed E-state index contributed by atoms with van der Waals surface area (Å²) in [5, 5.41) is 0. The number of aromatic amines is 1. The fourth-order valence-corrected chi connectivity index (χ4v) is 2.49. The Hall–Kier alpha value is -2.17. The van der Waals surface area contributed by atoms with E-state index in [4.69, 9.17) is 4.74 Å². The molecular formula is C18H24N2O3. The molecule has 1 N–H and O–H groups in total. The van der Waals surface area contributed by atoms with Gasteiger partial charge in [-0.25, -0.2) is 9.78 Å². The lowest BCUT2D eigenvalue weighted by atomic mass is 10.1. The van der Waals surface area contributed by atoms with E-state index in [0.717, 1.165) is 32.1 Å². The van der Waals surface area contributed by atoms with Crippen LogP contribution in [-0.4, -0.2) is 27.8 Å². The molecule has 0 amide bonds. The number of ether oxygens (including phenoxy) is 1. The van der Waals surface area contributed by atoms with Crippen molar-refractivity contribution in [2.45, 2.75) is 59.0 Å². The van der Waals surface area contributed by atoms with Crippen LogP contribution in [0.3, 0.4) is 0 Å². The van der Waals surface area contributed by atoms with Crippen molar-refractivity contribution >= 4 is 22.8 Å². The van der Waals surface area contributed by atoms with Gasteiger partial charge in [0.25, 0.3) is 0 Å². The molecule has 0 fully saturated rings. The highest BCUT2D eigenvalue weighted by Gasteiger charge is 2.16. The first-order chi connectivity index (χ1) is 11.0. The average Bonchev–Trinajstić information content (AvgIpc) is 2.97. The van der Waals surface area contributed by atoms with Gasteiger partial charge in [-0.15, -0.1) is 0 Å². The van der Waals surface area contributed by atoms with Crippen LogP contribution in [0.1, 0.15) is 73.9 Å². The molecule has 0 aliphatic rings. The maximum atomic E-state index is 12.3. The van der Waals surface area contributed by atoms with Crippen LogP contribution in [0.25, 0.3) is 11.0 Å². The Morgan fingerprint density at radius 3 is 2.70 bits per heavy atom. The molecule has 2 aromatic rings. The lowest BCUT2D eigenvalue weighted by molar-refractivity contribution is 0.0267. The number of nitrogens with zero attached hydrogens (tertiary/aromatic N) is 1. The van der Waals surface area contributed by atoms with E-state index >= 15 is 0 Å². The lowest BCUT2D eigenvalue weighted by Crippen LogP contribution is -2.17. The van der Waals surface area contributed by atoms with Gasteiger partial charge in [0.1, 0.15) is 6.10 Å². The van der Waals surface area contributed by atoms with Gasteiger partial charge in [0.2, 0.25) is 0 Å². The van der Waals surface area contributed by atoms with Gasteiger partial charge in [0.15, 0.2) is 11.6 Å². The van der Waals surface area contributed by atoms with Gasteiger partial charge in [0.05, 0.1) is 16.6 Å². The van der Waals surface area contributed by atoms with E-state index in [1.165, 1.54) is 6.92 Å². The number of imidazole rings is 1. The summed E-state index contributed by atoms with van der Waals surface area (Å²) in [5.74, 6) is -0.155. The van der Waals surface area contributed by atoms with Crippen molar-refractivity contribution in [1.29, 1.82) is 0 Å². The van der Waals surface area contributed by atoms with Gasteiger partial charge in [0, 0.05) is 6.92 Å². The maximum absolute atomic E-state index is 12.3. The van der Waals surface area contributed by atoms with Crippen LogP contribution in [-0.2, 0) is 4.74 Å². The minimum absolute atomic E-state index is 0.0423. The number of aromatic nitrogens is 2. The highest BCUT2D eigenvalue weighted by molar-refractivity contribution is 5.97. The third-order valence-electron chi connectivity index (χ3n) is 3.91. The number of esters is 1. The number of H-pyrrole nitrogens is 1. The summed E-state index contributed by atoms with van der Waals surface area (Å²) in [6.45, 7) is 5.64. The van der Waals surface area contributed by atoms with E-state index < -0.39 is 0 Å². The third-order valence-corrected chi connectivity index (χ3v) is 3.91. The quantitative estimate of drug-likeness (QED) is 0.448. The number of nitrogens with one attached hydrogen (secondary N) is 1. The maximum Gasteiger partial charge on any atom is 0.338 e. The SMILES string of the molecule is CCCCC[C@H](CC)OC(=O)c1ccc2nc(C(C)=O)[nH]c2c1. The first-order valence-electron chi connectivity index (χ1n) is 8.26. The summed E-state index contributed by atoms with van der Waals surface area (Å²) >= 11 is 0. The number of carbonyl (C=O) groups is 2. The predicted octanol–water partition coefficient (Wildman–Crippen LogP) is 4.28. The molecule has 23 heavy (non-hydrogen) atoms. The van der Waals surface area contributed by atoms with Crippen LogP contribution >= 0.6 is 0 Å². The van der Waals surface area contributed by atoms with Crippen molar-refractivity contribution < 1.29 is 14.3 Å². The molecule has 0 aliphatic carbocycles.